The zero-order chi connectivity index (χ0) is 34.0. The maximum Gasteiger partial charge on any atom is 0.264 e. The summed E-state index contributed by atoms with van der Waals surface area (Å²) in [7, 11) is -1.35. The fourth-order valence-electron chi connectivity index (χ4n) is 4.97. The third-order valence-electron chi connectivity index (χ3n) is 7.80. The molecule has 0 saturated heterocycles. The van der Waals surface area contributed by atoms with E-state index in [1.165, 1.54) is 55.5 Å². The lowest BCUT2D eigenvalue weighted by Crippen LogP contribution is -2.54. The van der Waals surface area contributed by atoms with Gasteiger partial charge >= 0.3 is 0 Å². The van der Waals surface area contributed by atoms with Gasteiger partial charge in [0.1, 0.15) is 29.9 Å². The van der Waals surface area contributed by atoms with Gasteiger partial charge in [0.25, 0.3) is 10.0 Å². The molecule has 4 aromatic carbocycles. The summed E-state index contributed by atoms with van der Waals surface area (Å²) in [5.74, 6) is -0.547. The number of carbonyl (C=O) groups excluding carboxylic acids is 2. The summed E-state index contributed by atoms with van der Waals surface area (Å²) in [6.07, 6.45) is 0.854. The van der Waals surface area contributed by atoms with Crippen LogP contribution in [0.2, 0.25) is 0 Å². The molecule has 0 heterocycles. The molecule has 47 heavy (non-hydrogen) atoms. The number of ether oxygens (including phenoxy) is 2. The number of rotatable bonds is 15. The Morgan fingerprint density at radius 2 is 1.47 bits per heavy atom. The lowest BCUT2D eigenvalue weighted by molar-refractivity contribution is -0.140. The molecule has 0 aromatic heterocycles. The number of halogens is 1. The highest BCUT2D eigenvalue weighted by molar-refractivity contribution is 7.92. The maximum atomic E-state index is 14.5. The number of benzene rings is 4. The minimum Gasteiger partial charge on any atom is -0.497 e. The van der Waals surface area contributed by atoms with Crippen LogP contribution in [0.5, 0.6) is 11.5 Å². The SMILES string of the molecule is CCC(C)NC(=O)C(Cc1ccccc1)N(Cc1cccc(OC)c1)C(=O)CN(c1ccc(F)cc1)S(=O)(=O)c1ccc(OC)cc1. The first-order valence-electron chi connectivity index (χ1n) is 15.2. The van der Waals surface area contributed by atoms with E-state index in [9.17, 15) is 22.4 Å². The van der Waals surface area contributed by atoms with E-state index in [4.69, 9.17) is 9.47 Å². The second kappa shape index (κ2) is 16.1. The molecule has 0 saturated carbocycles. The topological polar surface area (TPSA) is 105 Å². The van der Waals surface area contributed by atoms with Gasteiger partial charge in [-0.3, -0.25) is 13.9 Å². The third-order valence-corrected chi connectivity index (χ3v) is 9.59. The fraction of sp³-hybridized carbons (Fsp3) is 0.278. The van der Waals surface area contributed by atoms with Crippen LogP contribution in [0, 0.1) is 5.82 Å². The van der Waals surface area contributed by atoms with Crippen molar-refractivity contribution < 1.29 is 31.9 Å². The van der Waals surface area contributed by atoms with Crippen LogP contribution >= 0.6 is 0 Å². The lowest BCUT2D eigenvalue weighted by Gasteiger charge is -2.34. The summed E-state index contributed by atoms with van der Waals surface area (Å²) < 4.78 is 53.7. The predicted octanol–water partition coefficient (Wildman–Crippen LogP) is 5.59. The minimum absolute atomic E-state index is 0.0126. The Kier molecular flexibility index (Phi) is 12.0. The highest BCUT2D eigenvalue weighted by Gasteiger charge is 2.35. The van der Waals surface area contributed by atoms with Crippen LogP contribution in [-0.2, 0) is 32.6 Å². The number of amides is 2. The number of nitrogens with one attached hydrogen (secondary N) is 1. The van der Waals surface area contributed by atoms with Gasteiger partial charge in [-0.2, -0.15) is 0 Å². The summed E-state index contributed by atoms with van der Waals surface area (Å²) in [6, 6.07) is 25.9. The first-order valence-corrected chi connectivity index (χ1v) is 16.7. The highest BCUT2D eigenvalue weighted by atomic mass is 32.2. The van der Waals surface area contributed by atoms with Crippen LogP contribution in [0.4, 0.5) is 10.1 Å². The van der Waals surface area contributed by atoms with Crippen molar-refractivity contribution in [3.63, 3.8) is 0 Å². The Balaban J connectivity index is 1.81. The molecule has 0 aliphatic rings. The molecule has 0 aliphatic carbocycles. The summed E-state index contributed by atoms with van der Waals surface area (Å²) in [6.45, 7) is 3.15. The van der Waals surface area contributed by atoms with Crippen LogP contribution in [0.1, 0.15) is 31.4 Å². The van der Waals surface area contributed by atoms with Crippen LogP contribution in [0.15, 0.2) is 108 Å². The van der Waals surface area contributed by atoms with Gasteiger partial charge in [0.15, 0.2) is 0 Å². The number of hydrogen-bond acceptors (Lipinski definition) is 6. The second-order valence-corrected chi connectivity index (χ2v) is 12.9. The number of nitrogens with zero attached hydrogens (tertiary/aromatic N) is 2. The van der Waals surface area contributed by atoms with E-state index in [1.807, 2.05) is 44.2 Å². The van der Waals surface area contributed by atoms with Crippen LogP contribution in [0.3, 0.4) is 0 Å². The average Bonchev–Trinajstić information content (AvgIpc) is 3.09. The van der Waals surface area contributed by atoms with Gasteiger partial charge < -0.3 is 19.7 Å². The molecule has 2 unspecified atom stereocenters. The Morgan fingerprint density at radius 1 is 0.830 bits per heavy atom. The number of anilines is 1. The average molecular weight is 662 g/mol. The van der Waals surface area contributed by atoms with E-state index in [0.717, 1.165) is 22.0 Å². The molecule has 4 rings (SSSR count). The molecular formula is C36H40FN3O6S. The van der Waals surface area contributed by atoms with Gasteiger partial charge in [0.2, 0.25) is 11.8 Å². The molecule has 248 valence electrons. The quantitative estimate of drug-likeness (QED) is 0.178. The van der Waals surface area contributed by atoms with Crippen molar-refractivity contribution >= 4 is 27.5 Å². The molecule has 2 amide bonds. The molecular weight excluding hydrogens is 621 g/mol. The van der Waals surface area contributed by atoms with Gasteiger partial charge in [-0.25, -0.2) is 12.8 Å². The molecule has 0 bridgehead atoms. The minimum atomic E-state index is -4.34. The normalized spacial score (nSPS) is 12.4. The van der Waals surface area contributed by atoms with E-state index in [0.29, 0.717) is 23.5 Å². The molecule has 1 N–H and O–H groups in total. The Bertz CT molecular complexity index is 1740. The van der Waals surface area contributed by atoms with Gasteiger partial charge in [-0.15, -0.1) is 0 Å². The number of sulfonamides is 1. The largest absolute Gasteiger partial charge is 0.497 e. The summed E-state index contributed by atoms with van der Waals surface area (Å²) in [4.78, 5) is 29.8. The fourth-order valence-corrected chi connectivity index (χ4v) is 6.39. The summed E-state index contributed by atoms with van der Waals surface area (Å²) in [5.41, 5.74) is 1.58. The van der Waals surface area contributed by atoms with E-state index >= 15 is 0 Å². The van der Waals surface area contributed by atoms with E-state index in [1.54, 1.807) is 24.3 Å². The highest BCUT2D eigenvalue weighted by Crippen LogP contribution is 2.27. The molecule has 9 nitrogen and oxygen atoms in total. The number of methoxy groups -OCH3 is 2. The van der Waals surface area contributed by atoms with Crippen molar-refractivity contribution in [2.75, 3.05) is 25.1 Å². The molecule has 0 fully saturated rings. The molecule has 0 radical (unpaired) electrons. The number of carbonyl (C=O) groups is 2. The van der Waals surface area contributed by atoms with Crippen molar-refractivity contribution in [1.82, 2.24) is 10.2 Å². The van der Waals surface area contributed by atoms with E-state index in [2.05, 4.69) is 5.32 Å². The molecule has 4 aromatic rings. The first kappa shape index (κ1) is 35.0. The molecule has 0 aliphatic heterocycles. The van der Waals surface area contributed by atoms with Crippen LogP contribution in [-0.4, -0.2) is 58.0 Å². The van der Waals surface area contributed by atoms with E-state index < -0.39 is 34.3 Å². The lowest BCUT2D eigenvalue weighted by atomic mass is 10.0. The van der Waals surface area contributed by atoms with Crippen LogP contribution in [0.25, 0.3) is 0 Å². The zero-order valence-electron chi connectivity index (χ0n) is 26.9. The summed E-state index contributed by atoms with van der Waals surface area (Å²) >= 11 is 0. The van der Waals surface area contributed by atoms with Crippen molar-refractivity contribution in [1.29, 1.82) is 0 Å². The van der Waals surface area contributed by atoms with Gasteiger partial charge in [-0.1, -0.05) is 49.4 Å². The third kappa shape index (κ3) is 9.10. The molecule has 11 heteroatoms. The second-order valence-electron chi connectivity index (χ2n) is 11.1. The standard InChI is InChI=1S/C36H40FN3O6S/c1-5-26(2)38-36(42)34(23-27-10-7-6-8-11-27)39(24-28-12-9-13-32(22-28)46-4)35(41)25-40(30-16-14-29(37)15-17-30)47(43,44)33-20-18-31(45-3)19-21-33/h6-22,26,34H,5,23-25H2,1-4H3,(H,38,42). The van der Waals surface area contributed by atoms with Gasteiger partial charge in [-0.05, 0) is 85.1 Å². The molecule has 2 atom stereocenters. The van der Waals surface area contributed by atoms with Crippen LogP contribution < -0.4 is 19.1 Å². The first-order chi connectivity index (χ1) is 22.5. The van der Waals surface area contributed by atoms with E-state index in [-0.39, 0.29) is 35.5 Å². The van der Waals surface area contributed by atoms with Crippen molar-refractivity contribution in [2.45, 2.75) is 50.2 Å². The molecule has 0 spiro atoms. The predicted molar refractivity (Wildman–Crippen MR) is 179 cm³/mol. The Morgan fingerprint density at radius 3 is 2.09 bits per heavy atom. The van der Waals surface area contributed by atoms with Gasteiger partial charge in [0.05, 0.1) is 24.8 Å². The smallest absolute Gasteiger partial charge is 0.264 e. The van der Waals surface area contributed by atoms with Crippen molar-refractivity contribution in [3.05, 3.63) is 120 Å². The van der Waals surface area contributed by atoms with Crippen molar-refractivity contribution in [2.24, 2.45) is 0 Å². The maximum absolute atomic E-state index is 14.5. The van der Waals surface area contributed by atoms with Gasteiger partial charge in [0, 0.05) is 19.0 Å². The monoisotopic (exact) mass is 661 g/mol. The summed E-state index contributed by atoms with van der Waals surface area (Å²) in [5, 5.41) is 3.01. The Labute approximate surface area is 276 Å². The zero-order valence-corrected chi connectivity index (χ0v) is 27.7. The van der Waals surface area contributed by atoms with Crippen molar-refractivity contribution in [3.8, 4) is 11.5 Å². The number of hydrogen-bond donors (Lipinski definition) is 1. The Hall–Kier alpha value is -4.90.